The molecule has 6 heteroatoms. The molecule has 4 nitrogen and oxygen atoms in total. The molecular weight excluding hydrogens is 332 g/mol. The number of hydrogen-bond acceptors (Lipinski definition) is 4. The summed E-state index contributed by atoms with van der Waals surface area (Å²) in [6.07, 6.45) is 2.49. The first kappa shape index (κ1) is 20.1. The standard InChI is InChI=1S/C17H26N2O2S.ClH/c1-13(3-4-14-5-7-16(21-2)8-6-14)19-17(20)11-15-12-22-10-9-18-15;/h5-8,13,15,18H,3-4,9-12H2,1-2H3,(H,19,20);1H. The van der Waals surface area contributed by atoms with Crippen LogP contribution in [0.4, 0.5) is 0 Å². The van der Waals surface area contributed by atoms with Crippen molar-refractivity contribution in [1.82, 2.24) is 10.6 Å². The maximum absolute atomic E-state index is 12.0. The summed E-state index contributed by atoms with van der Waals surface area (Å²) >= 11 is 1.92. The van der Waals surface area contributed by atoms with Crippen LogP contribution in [-0.4, -0.2) is 43.2 Å². The first-order valence-electron chi connectivity index (χ1n) is 7.91. The van der Waals surface area contributed by atoms with Gasteiger partial charge in [0.05, 0.1) is 7.11 Å². The number of carbonyl (C=O) groups is 1. The molecule has 2 unspecified atom stereocenters. The summed E-state index contributed by atoms with van der Waals surface area (Å²) in [6.45, 7) is 3.08. The fourth-order valence-electron chi connectivity index (χ4n) is 2.56. The number of rotatable bonds is 7. The third-order valence-corrected chi connectivity index (χ3v) is 4.99. The maximum atomic E-state index is 12.0. The van der Waals surface area contributed by atoms with E-state index in [1.54, 1.807) is 7.11 Å². The van der Waals surface area contributed by atoms with E-state index in [-0.39, 0.29) is 24.4 Å². The van der Waals surface area contributed by atoms with Crippen molar-refractivity contribution in [2.45, 2.75) is 38.3 Å². The van der Waals surface area contributed by atoms with E-state index in [4.69, 9.17) is 4.74 Å². The van der Waals surface area contributed by atoms with Crippen LogP contribution >= 0.6 is 24.2 Å². The SMILES string of the molecule is COc1ccc(CCC(C)NC(=O)CC2CSCCN2)cc1.Cl. The highest BCUT2D eigenvalue weighted by molar-refractivity contribution is 7.99. The predicted octanol–water partition coefficient (Wildman–Crippen LogP) is 2.65. The normalized spacial score (nSPS) is 18.6. The van der Waals surface area contributed by atoms with Gasteiger partial charge in [0, 0.05) is 36.6 Å². The van der Waals surface area contributed by atoms with E-state index in [1.807, 2.05) is 23.9 Å². The summed E-state index contributed by atoms with van der Waals surface area (Å²) in [5, 5.41) is 6.51. The average Bonchev–Trinajstić information content (AvgIpc) is 2.54. The number of ether oxygens (including phenoxy) is 1. The summed E-state index contributed by atoms with van der Waals surface area (Å²) in [6, 6.07) is 8.64. The van der Waals surface area contributed by atoms with E-state index in [2.05, 4.69) is 29.7 Å². The van der Waals surface area contributed by atoms with Gasteiger partial charge in [-0.1, -0.05) is 12.1 Å². The minimum atomic E-state index is 0. The fourth-order valence-corrected chi connectivity index (χ4v) is 3.50. The highest BCUT2D eigenvalue weighted by atomic mass is 35.5. The lowest BCUT2D eigenvalue weighted by atomic mass is 10.1. The lowest BCUT2D eigenvalue weighted by Crippen LogP contribution is -2.43. The zero-order chi connectivity index (χ0) is 15.8. The molecule has 130 valence electrons. The molecule has 0 spiro atoms. The summed E-state index contributed by atoms with van der Waals surface area (Å²) in [4.78, 5) is 12.0. The van der Waals surface area contributed by atoms with E-state index in [1.165, 1.54) is 5.56 Å². The van der Waals surface area contributed by atoms with E-state index >= 15 is 0 Å². The fraction of sp³-hybridized carbons (Fsp3) is 0.588. The Morgan fingerprint density at radius 1 is 1.43 bits per heavy atom. The molecule has 0 radical (unpaired) electrons. The number of aryl methyl sites for hydroxylation is 1. The van der Waals surface area contributed by atoms with Crippen LogP contribution in [0.3, 0.4) is 0 Å². The molecule has 2 atom stereocenters. The second kappa shape index (κ2) is 10.8. The third kappa shape index (κ3) is 7.46. The van der Waals surface area contributed by atoms with Crippen LogP contribution in [0.25, 0.3) is 0 Å². The van der Waals surface area contributed by atoms with Crippen molar-refractivity contribution >= 4 is 30.1 Å². The van der Waals surface area contributed by atoms with Gasteiger partial charge >= 0.3 is 0 Å². The molecule has 1 heterocycles. The van der Waals surface area contributed by atoms with E-state index in [9.17, 15) is 4.79 Å². The third-order valence-electron chi connectivity index (χ3n) is 3.86. The van der Waals surface area contributed by atoms with Crippen LogP contribution in [-0.2, 0) is 11.2 Å². The number of halogens is 1. The lowest BCUT2D eigenvalue weighted by Gasteiger charge is -2.23. The zero-order valence-corrected chi connectivity index (χ0v) is 15.5. The van der Waals surface area contributed by atoms with Gasteiger partial charge in [-0.05, 0) is 37.5 Å². The van der Waals surface area contributed by atoms with Crippen LogP contribution in [0.1, 0.15) is 25.3 Å². The van der Waals surface area contributed by atoms with Crippen LogP contribution in [0, 0.1) is 0 Å². The Morgan fingerprint density at radius 2 is 2.17 bits per heavy atom. The number of hydrogen-bond donors (Lipinski definition) is 2. The van der Waals surface area contributed by atoms with Gasteiger partial charge in [-0.3, -0.25) is 4.79 Å². The van der Waals surface area contributed by atoms with Crippen molar-refractivity contribution in [2.24, 2.45) is 0 Å². The maximum Gasteiger partial charge on any atom is 0.221 e. The number of benzene rings is 1. The molecule has 2 N–H and O–H groups in total. The molecule has 1 aromatic rings. The Balaban J connectivity index is 0.00000264. The van der Waals surface area contributed by atoms with Gasteiger partial charge in [0.25, 0.3) is 0 Å². The molecule has 1 fully saturated rings. The first-order chi connectivity index (χ1) is 10.7. The van der Waals surface area contributed by atoms with E-state index in [0.29, 0.717) is 12.5 Å². The lowest BCUT2D eigenvalue weighted by molar-refractivity contribution is -0.122. The predicted molar refractivity (Wildman–Crippen MR) is 99.9 cm³/mol. The molecule has 0 aromatic heterocycles. The van der Waals surface area contributed by atoms with E-state index in [0.717, 1.165) is 36.6 Å². The van der Waals surface area contributed by atoms with Gasteiger partial charge < -0.3 is 15.4 Å². The van der Waals surface area contributed by atoms with Crippen molar-refractivity contribution in [3.63, 3.8) is 0 Å². The second-order valence-corrected chi connectivity index (χ2v) is 6.94. The molecule has 2 rings (SSSR count). The molecule has 1 saturated heterocycles. The molecule has 1 aliphatic heterocycles. The van der Waals surface area contributed by atoms with Crippen LogP contribution in [0.5, 0.6) is 5.75 Å². The average molecular weight is 359 g/mol. The molecule has 0 bridgehead atoms. The largest absolute Gasteiger partial charge is 0.497 e. The van der Waals surface area contributed by atoms with Gasteiger partial charge in [-0.25, -0.2) is 0 Å². The summed E-state index contributed by atoms with van der Waals surface area (Å²) < 4.78 is 5.15. The van der Waals surface area contributed by atoms with Crippen LogP contribution in [0.15, 0.2) is 24.3 Å². The monoisotopic (exact) mass is 358 g/mol. The number of thioether (sulfide) groups is 1. The number of carbonyl (C=O) groups excluding carboxylic acids is 1. The highest BCUT2D eigenvalue weighted by Gasteiger charge is 2.17. The minimum absolute atomic E-state index is 0. The molecule has 1 aliphatic rings. The van der Waals surface area contributed by atoms with Gasteiger partial charge in [0.1, 0.15) is 5.75 Å². The quantitative estimate of drug-likeness (QED) is 0.786. The molecule has 0 aliphatic carbocycles. The van der Waals surface area contributed by atoms with Crippen molar-refractivity contribution < 1.29 is 9.53 Å². The van der Waals surface area contributed by atoms with Gasteiger partial charge in [0.2, 0.25) is 5.91 Å². The number of methoxy groups -OCH3 is 1. The number of amides is 1. The highest BCUT2D eigenvalue weighted by Crippen LogP contribution is 2.13. The van der Waals surface area contributed by atoms with Gasteiger partial charge in [-0.15, -0.1) is 12.4 Å². The molecular formula is C17H27ClN2O2S. The van der Waals surface area contributed by atoms with Gasteiger partial charge in [-0.2, -0.15) is 11.8 Å². The van der Waals surface area contributed by atoms with E-state index < -0.39 is 0 Å². The first-order valence-corrected chi connectivity index (χ1v) is 9.06. The van der Waals surface area contributed by atoms with Crippen LogP contribution in [0.2, 0.25) is 0 Å². The second-order valence-electron chi connectivity index (χ2n) is 5.79. The smallest absolute Gasteiger partial charge is 0.221 e. The Labute approximate surface area is 149 Å². The Kier molecular flexibility index (Phi) is 9.44. The Bertz CT molecular complexity index is 464. The topological polar surface area (TPSA) is 50.4 Å². The molecule has 23 heavy (non-hydrogen) atoms. The number of nitrogens with one attached hydrogen (secondary N) is 2. The molecule has 0 saturated carbocycles. The van der Waals surface area contributed by atoms with Crippen molar-refractivity contribution in [3.05, 3.63) is 29.8 Å². The van der Waals surface area contributed by atoms with Crippen molar-refractivity contribution in [3.8, 4) is 5.75 Å². The van der Waals surface area contributed by atoms with Crippen LogP contribution < -0.4 is 15.4 Å². The molecule has 1 amide bonds. The van der Waals surface area contributed by atoms with Gasteiger partial charge in [0.15, 0.2) is 0 Å². The van der Waals surface area contributed by atoms with Crippen molar-refractivity contribution in [2.75, 3.05) is 25.2 Å². The Hall–Kier alpha value is -0.910. The summed E-state index contributed by atoms with van der Waals surface area (Å²) in [5.41, 5.74) is 1.27. The molecule has 1 aromatic carbocycles. The minimum Gasteiger partial charge on any atom is -0.497 e. The van der Waals surface area contributed by atoms with Crippen molar-refractivity contribution in [1.29, 1.82) is 0 Å². The Morgan fingerprint density at radius 3 is 2.78 bits per heavy atom. The zero-order valence-electron chi connectivity index (χ0n) is 13.8. The summed E-state index contributed by atoms with van der Waals surface area (Å²) in [7, 11) is 1.67. The summed E-state index contributed by atoms with van der Waals surface area (Å²) in [5.74, 6) is 3.22.